The van der Waals surface area contributed by atoms with E-state index in [4.69, 9.17) is 0 Å². The van der Waals surface area contributed by atoms with E-state index >= 15 is 0 Å². The van der Waals surface area contributed by atoms with Gasteiger partial charge in [-0.05, 0) is 25.1 Å². The summed E-state index contributed by atoms with van der Waals surface area (Å²) in [6, 6.07) is 0.396. The largest absolute Gasteiger partial charge is 0.228 e. The number of alkyl halides is 1. The summed E-state index contributed by atoms with van der Waals surface area (Å²) in [6.07, 6.45) is 4.76. The topological polar surface area (TPSA) is 12.4 Å². The molecule has 0 aromatic carbocycles. The second-order valence-electron chi connectivity index (χ2n) is 2.88. The molecule has 0 aliphatic rings. The van der Waals surface area contributed by atoms with Crippen molar-refractivity contribution >= 4 is 40.0 Å². The average Bonchev–Trinajstić information content (AvgIpc) is 2.04. The second-order valence-corrected chi connectivity index (χ2v) is 4.66. The van der Waals surface area contributed by atoms with Crippen molar-refractivity contribution in [2.45, 2.75) is 49.5 Å². The monoisotopic (exact) mass is 297 g/mol. The number of halogens is 1. The quantitative estimate of drug-likeness (QED) is 0.314. The van der Waals surface area contributed by atoms with E-state index in [9.17, 15) is 0 Å². The third-order valence-corrected chi connectivity index (χ3v) is 3.34. The van der Waals surface area contributed by atoms with Crippen molar-refractivity contribution in [3.63, 3.8) is 0 Å². The zero-order chi connectivity index (χ0) is 9.40. The summed E-state index contributed by atoms with van der Waals surface area (Å²) in [4.78, 5) is 4.19. The van der Waals surface area contributed by atoms with E-state index in [1.54, 1.807) is 0 Å². The molecule has 0 aromatic heterocycles. The van der Waals surface area contributed by atoms with E-state index in [2.05, 4.69) is 58.8 Å². The van der Waals surface area contributed by atoms with Gasteiger partial charge in [0.2, 0.25) is 0 Å². The molecule has 0 amide bonds. The Bertz CT molecular complexity index is 155. The molecule has 0 spiro atoms. The first-order valence-electron chi connectivity index (χ1n) is 4.47. The molecule has 0 bridgehead atoms. The van der Waals surface area contributed by atoms with Crippen LogP contribution in [0.5, 0.6) is 0 Å². The molecule has 12 heavy (non-hydrogen) atoms. The Hall–Kier alpha value is 0.530. The number of hydrogen-bond donors (Lipinski definition) is 0. The molecule has 70 valence electrons. The molecule has 0 aromatic rings. The third kappa shape index (κ3) is 5.22. The van der Waals surface area contributed by atoms with Crippen molar-refractivity contribution in [3.8, 4) is 0 Å². The highest BCUT2D eigenvalue weighted by Crippen LogP contribution is 2.19. The zero-order valence-electron chi connectivity index (χ0n) is 7.72. The van der Waals surface area contributed by atoms with Crippen LogP contribution in [0.25, 0.3) is 0 Å². The molecule has 0 radical (unpaired) electrons. The number of nitrogens with zero attached hydrogens (tertiary/aromatic N) is 1. The molecule has 0 N–H and O–H groups in total. The van der Waals surface area contributed by atoms with Crippen LogP contribution in [0.2, 0.25) is 0 Å². The minimum absolute atomic E-state index is 0.396. The van der Waals surface area contributed by atoms with Crippen molar-refractivity contribution in [2.24, 2.45) is 4.99 Å². The van der Waals surface area contributed by atoms with Gasteiger partial charge in [0.25, 0.3) is 0 Å². The Morgan fingerprint density at radius 2 is 1.92 bits per heavy atom. The Morgan fingerprint density at radius 3 is 2.33 bits per heavy atom. The lowest BCUT2D eigenvalue weighted by Gasteiger charge is -2.15. The average molecular weight is 297 g/mol. The Kier molecular flexibility index (Phi) is 8.50. The lowest BCUT2D eigenvalue weighted by molar-refractivity contribution is 0.567. The third-order valence-electron chi connectivity index (χ3n) is 1.78. The predicted molar refractivity (Wildman–Crippen MR) is 66.4 cm³/mol. The van der Waals surface area contributed by atoms with Gasteiger partial charge in [-0.2, -0.15) is 0 Å². The first kappa shape index (κ1) is 12.5. The molecule has 0 saturated carbocycles. The maximum Gasteiger partial charge on any atom is 0.0720 e. The molecule has 0 aliphatic carbocycles. The van der Waals surface area contributed by atoms with Gasteiger partial charge in [0.05, 0.1) is 11.2 Å². The van der Waals surface area contributed by atoms with Gasteiger partial charge in [0, 0.05) is 3.92 Å². The van der Waals surface area contributed by atoms with Crippen LogP contribution < -0.4 is 0 Å². The van der Waals surface area contributed by atoms with Gasteiger partial charge < -0.3 is 0 Å². The van der Waals surface area contributed by atoms with Crippen LogP contribution in [-0.4, -0.2) is 15.1 Å². The maximum absolute atomic E-state index is 4.63. The van der Waals surface area contributed by atoms with E-state index < -0.39 is 0 Å². The molecule has 0 fully saturated rings. The van der Waals surface area contributed by atoms with Crippen LogP contribution in [0, 0.1) is 0 Å². The molecule has 0 unspecified atom stereocenters. The predicted octanol–water partition coefficient (Wildman–Crippen LogP) is 3.86. The second kappa shape index (κ2) is 8.14. The van der Waals surface area contributed by atoms with Crippen molar-refractivity contribution < 1.29 is 0 Å². The van der Waals surface area contributed by atoms with Crippen LogP contribution in [0.4, 0.5) is 0 Å². The molecule has 0 rings (SSSR count). The normalized spacial score (nSPS) is 14.9. The van der Waals surface area contributed by atoms with E-state index in [0.29, 0.717) is 9.97 Å². The Balaban J connectivity index is 3.98. The van der Waals surface area contributed by atoms with Gasteiger partial charge in [-0.15, -0.1) is 0 Å². The van der Waals surface area contributed by atoms with Crippen LogP contribution in [0.3, 0.4) is 0 Å². The van der Waals surface area contributed by atoms with Crippen LogP contribution >= 0.6 is 34.8 Å². The first-order valence-corrected chi connectivity index (χ1v) is 6.12. The van der Waals surface area contributed by atoms with Crippen LogP contribution in [0.15, 0.2) is 4.99 Å². The van der Waals surface area contributed by atoms with E-state index in [-0.39, 0.29) is 0 Å². The summed E-state index contributed by atoms with van der Waals surface area (Å²) in [5, 5.41) is 2.50. The van der Waals surface area contributed by atoms with Crippen LogP contribution in [-0.2, 0) is 0 Å². The molecular formula is C9H16INS. The molecule has 0 heterocycles. The number of thiocarbonyl (C=S) groups is 1. The van der Waals surface area contributed by atoms with Crippen molar-refractivity contribution in [3.05, 3.63) is 0 Å². The SMILES string of the molecule is CCC[C@H](I)[C@@H](CCC)N=C=S. The van der Waals surface area contributed by atoms with Gasteiger partial charge >= 0.3 is 0 Å². The highest BCUT2D eigenvalue weighted by Gasteiger charge is 2.15. The minimum Gasteiger partial charge on any atom is -0.228 e. The molecule has 3 heteroatoms. The number of hydrogen-bond acceptors (Lipinski definition) is 2. The first-order chi connectivity index (χ1) is 5.76. The highest BCUT2D eigenvalue weighted by molar-refractivity contribution is 14.1. The van der Waals surface area contributed by atoms with Crippen molar-refractivity contribution in [2.75, 3.05) is 0 Å². The maximum atomic E-state index is 4.63. The molecule has 0 aliphatic heterocycles. The summed E-state index contributed by atoms with van der Waals surface area (Å²) in [6.45, 7) is 4.39. The fourth-order valence-corrected chi connectivity index (χ4v) is 2.44. The highest BCUT2D eigenvalue weighted by atomic mass is 127. The molecule has 1 nitrogen and oxygen atoms in total. The van der Waals surface area contributed by atoms with Crippen molar-refractivity contribution in [1.82, 2.24) is 0 Å². The van der Waals surface area contributed by atoms with Gasteiger partial charge in [0.1, 0.15) is 0 Å². The van der Waals surface area contributed by atoms with Crippen molar-refractivity contribution in [1.29, 1.82) is 0 Å². The number of isothiocyanates is 1. The fraction of sp³-hybridized carbons (Fsp3) is 0.889. The summed E-state index contributed by atoms with van der Waals surface area (Å²) in [5.41, 5.74) is 0. The van der Waals surface area contributed by atoms with Gasteiger partial charge in [-0.25, -0.2) is 4.99 Å². The minimum atomic E-state index is 0.396. The molecular weight excluding hydrogens is 281 g/mol. The lowest BCUT2D eigenvalue weighted by Crippen LogP contribution is -2.17. The van der Waals surface area contributed by atoms with E-state index in [1.807, 2.05) is 0 Å². The number of aliphatic imine (C=N–C) groups is 1. The van der Waals surface area contributed by atoms with E-state index in [0.717, 1.165) is 6.42 Å². The zero-order valence-corrected chi connectivity index (χ0v) is 10.7. The van der Waals surface area contributed by atoms with Gasteiger partial charge in [0.15, 0.2) is 0 Å². The lowest BCUT2D eigenvalue weighted by atomic mass is 10.1. The molecule has 2 atom stereocenters. The smallest absolute Gasteiger partial charge is 0.0720 e. The van der Waals surface area contributed by atoms with Gasteiger partial charge in [-0.3, -0.25) is 0 Å². The van der Waals surface area contributed by atoms with Crippen LogP contribution in [0.1, 0.15) is 39.5 Å². The number of rotatable bonds is 6. The summed E-state index contributed by atoms with van der Waals surface area (Å²) in [5.74, 6) is 0. The summed E-state index contributed by atoms with van der Waals surface area (Å²) < 4.78 is 0.628. The Labute approximate surface area is 94.2 Å². The summed E-state index contributed by atoms with van der Waals surface area (Å²) >= 11 is 7.10. The standard InChI is InChI=1S/C9H16INS/c1-3-5-8(10)9(6-4-2)11-7-12/h8-9H,3-6H2,1-2H3/t8-,9+/m0/s1. The summed E-state index contributed by atoms with van der Waals surface area (Å²) in [7, 11) is 0. The van der Waals surface area contributed by atoms with E-state index in [1.165, 1.54) is 19.3 Å². The molecule has 0 saturated heterocycles. The fourth-order valence-electron chi connectivity index (χ4n) is 1.16. The Morgan fingerprint density at radius 1 is 1.33 bits per heavy atom. The van der Waals surface area contributed by atoms with Gasteiger partial charge in [-0.1, -0.05) is 49.3 Å².